The standard InChI is InChI=1S/2C17H14P.2ClH.Co.Fe/c2*1-3-9-15(10-4-1)18(17-13-7-8-14-17)16-11-5-2-6-12-16;;;;/h2*1-14H;2*1H;;/q;;;;+2;/p-2. The van der Waals surface area contributed by atoms with Crippen molar-refractivity contribution in [2.24, 2.45) is 0 Å². The van der Waals surface area contributed by atoms with Crippen LogP contribution in [-0.4, -0.2) is 0 Å². The zero-order valence-electron chi connectivity index (χ0n) is 21.5. The molecule has 0 saturated heterocycles. The summed E-state index contributed by atoms with van der Waals surface area (Å²) in [6.07, 6.45) is 17.4. The first-order chi connectivity index (χ1) is 17.9. The molecule has 6 heteroatoms. The fourth-order valence-electron chi connectivity index (χ4n) is 4.23. The van der Waals surface area contributed by atoms with Gasteiger partial charge in [-0.15, -0.1) is 0 Å². The molecule has 0 aromatic heterocycles. The van der Waals surface area contributed by atoms with Gasteiger partial charge in [0.2, 0.25) is 0 Å². The van der Waals surface area contributed by atoms with Crippen molar-refractivity contribution >= 4 is 37.1 Å². The Bertz CT molecular complexity index is 1190. The maximum absolute atomic E-state index is 2.23. The molecule has 0 aliphatic heterocycles. The molecule has 6 rings (SSSR count). The number of hydrogen-bond donors (Lipinski definition) is 0. The summed E-state index contributed by atoms with van der Waals surface area (Å²) in [5.74, 6) is 0. The Balaban J connectivity index is 0.000000364. The van der Waals surface area contributed by atoms with Crippen LogP contribution in [0.15, 0.2) is 168 Å². The van der Waals surface area contributed by atoms with Gasteiger partial charge in [-0.25, -0.2) is 0 Å². The predicted molar refractivity (Wildman–Crippen MR) is 161 cm³/mol. The molecule has 205 valence electrons. The quantitative estimate of drug-likeness (QED) is 0.214. The van der Waals surface area contributed by atoms with Crippen LogP contribution in [0, 0.1) is 12.8 Å². The third-order valence-corrected chi connectivity index (χ3v) is 10.8. The zero-order valence-corrected chi connectivity index (χ0v) is 26.9. The summed E-state index contributed by atoms with van der Waals surface area (Å²) in [7, 11) is -0.818. The van der Waals surface area contributed by atoms with E-state index < -0.39 is 15.8 Å². The monoisotopic (exact) mass is 683 g/mol. The summed E-state index contributed by atoms with van der Waals surface area (Å²) >= 11 is 0. The Morgan fingerprint density at radius 1 is 0.350 bits per heavy atom. The first-order valence-electron chi connectivity index (χ1n) is 12.1. The molecule has 3 radical (unpaired) electrons. The van der Waals surface area contributed by atoms with Crippen LogP contribution in [0.1, 0.15) is 0 Å². The van der Waals surface area contributed by atoms with Crippen LogP contribution in [0.2, 0.25) is 0 Å². The minimum absolute atomic E-state index is 0. The van der Waals surface area contributed by atoms with Gasteiger partial charge in [-0.2, -0.15) is 0 Å². The van der Waals surface area contributed by atoms with Gasteiger partial charge in [0.25, 0.3) is 0 Å². The molecule has 0 bridgehead atoms. The summed E-state index contributed by atoms with van der Waals surface area (Å²) in [5, 5.41) is 8.47. The van der Waals surface area contributed by atoms with Gasteiger partial charge >= 0.3 is 16.8 Å². The van der Waals surface area contributed by atoms with Crippen LogP contribution in [0.5, 0.6) is 0 Å². The molecule has 4 aromatic rings. The van der Waals surface area contributed by atoms with Crippen molar-refractivity contribution in [2.75, 3.05) is 0 Å². The van der Waals surface area contributed by atoms with E-state index in [4.69, 9.17) is 0 Å². The van der Waals surface area contributed by atoms with Gasteiger partial charge < -0.3 is 24.8 Å². The molecule has 2 aliphatic carbocycles. The van der Waals surface area contributed by atoms with E-state index in [-0.39, 0.29) is 58.7 Å². The fourth-order valence-corrected chi connectivity index (χ4v) is 8.84. The molecule has 0 unspecified atom stereocenters. The van der Waals surface area contributed by atoms with E-state index >= 15 is 0 Å². The Kier molecular flexibility index (Phi) is 17.6. The Labute approximate surface area is 275 Å². The van der Waals surface area contributed by atoms with E-state index in [0.717, 1.165) is 0 Å². The third kappa shape index (κ3) is 9.70. The van der Waals surface area contributed by atoms with Gasteiger partial charge in [0.05, 0.1) is 0 Å². The maximum Gasteiger partial charge on any atom is 2.00 e. The fraction of sp³-hybridized carbons (Fsp3) is 0. The van der Waals surface area contributed by atoms with Crippen molar-refractivity contribution < 1.29 is 58.7 Å². The van der Waals surface area contributed by atoms with Gasteiger partial charge in [-0.1, -0.05) is 158 Å². The average Bonchev–Trinajstić information content (AvgIpc) is 3.68. The molecule has 0 N–H and O–H groups in total. The van der Waals surface area contributed by atoms with E-state index in [1.54, 1.807) is 0 Å². The molecule has 4 aromatic carbocycles. The number of benzene rings is 4. The van der Waals surface area contributed by atoms with Gasteiger partial charge in [0, 0.05) is 29.9 Å². The molecule has 2 aliphatic rings. The molecule has 0 heterocycles. The van der Waals surface area contributed by atoms with Crippen LogP contribution in [0.3, 0.4) is 0 Å². The van der Waals surface area contributed by atoms with Crippen LogP contribution in [0.4, 0.5) is 0 Å². The van der Waals surface area contributed by atoms with Gasteiger partial charge in [0.15, 0.2) is 0 Å². The number of allylic oxidation sites excluding steroid dienone is 8. The van der Waals surface area contributed by atoms with Crippen molar-refractivity contribution in [3.8, 4) is 0 Å². The molecule has 0 fully saturated rings. The van der Waals surface area contributed by atoms with E-state index in [1.807, 2.05) is 0 Å². The summed E-state index contributed by atoms with van der Waals surface area (Å²) in [5.41, 5.74) is 0. The normalized spacial score (nSPS) is 12.6. The second-order valence-electron chi connectivity index (χ2n) is 8.30. The SMILES string of the molecule is [CH]1C=CC=C1P(c1ccccc1)c1ccccc1.[CH]1C=CC=C1P(c1ccccc1)c1ccccc1.[Cl-].[Cl-].[Co+2].[Fe]. The predicted octanol–water partition coefficient (Wildman–Crippen LogP) is 1.56. The molecular formula is C34H28Cl2CoFeP2. The number of halogens is 2. The third-order valence-electron chi connectivity index (χ3n) is 5.86. The summed E-state index contributed by atoms with van der Waals surface area (Å²) in [4.78, 5) is 0. The number of hydrogen-bond acceptors (Lipinski definition) is 0. The van der Waals surface area contributed by atoms with Crippen molar-refractivity contribution in [1.29, 1.82) is 0 Å². The summed E-state index contributed by atoms with van der Waals surface area (Å²) in [6, 6.07) is 43.1. The van der Waals surface area contributed by atoms with Gasteiger partial charge in [0.1, 0.15) is 0 Å². The molecule has 0 amide bonds. The largest absolute Gasteiger partial charge is 2.00 e. The summed E-state index contributed by atoms with van der Waals surface area (Å²) in [6.45, 7) is 0. The zero-order chi connectivity index (χ0) is 24.4. The molecule has 0 nitrogen and oxygen atoms in total. The topological polar surface area (TPSA) is 0 Å². The molecule has 0 saturated carbocycles. The van der Waals surface area contributed by atoms with Crippen LogP contribution in [0.25, 0.3) is 0 Å². The smallest absolute Gasteiger partial charge is 1.00 e. The minimum Gasteiger partial charge on any atom is -1.00 e. The van der Waals surface area contributed by atoms with E-state index in [0.29, 0.717) is 0 Å². The Morgan fingerprint density at radius 3 is 0.800 bits per heavy atom. The first-order valence-corrected chi connectivity index (χ1v) is 14.8. The average molecular weight is 684 g/mol. The Hall–Kier alpha value is -1.69. The first kappa shape index (κ1) is 36.3. The number of rotatable bonds is 6. The van der Waals surface area contributed by atoms with Crippen LogP contribution >= 0.6 is 15.8 Å². The molecule has 0 atom stereocenters. The minimum atomic E-state index is -0.409. The molecular weight excluding hydrogens is 656 g/mol. The van der Waals surface area contributed by atoms with Crippen molar-refractivity contribution in [3.05, 3.63) is 181 Å². The van der Waals surface area contributed by atoms with Gasteiger partial charge in [-0.05, 0) is 47.7 Å². The van der Waals surface area contributed by atoms with E-state index in [1.165, 1.54) is 31.8 Å². The Morgan fingerprint density at radius 2 is 0.600 bits per heavy atom. The van der Waals surface area contributed by atoms with E-state index in [9.17, 15) is 0 Å². The second-order valence-corrected chi connectivity index (χ2v) is 12.7. The summed E-state index contributed by atoms with van der Waals surface area (Å²) < 4.78 is 0. The van der Waals surface area contributed by atoms with Crippen molar-refractivity contribution in [3.63, 3.8) is 0 Å². The molecule has 0 spiro atoms. The van der Waals surface area contributed by atoms with Crippen molar-refractivity contribution in [2.45, 2.75) is 0 Å². The van der Waals surface area contributed by atoms with Crippen LogP contribution < -0.4 is 46.0 Å². The van der Waals surface area contributed by atoms with Crippen LogP contribution in [-0.2, 0) is 33.8 Å². The van der Waals surface area contributed by atoms with E-state index in [2.05, 4.69) is 171 Å². The van der Waals surface area contributed by atoms with Crippen molar-refractivity contribution in [1.82, 2.24) is 0 Å². The second kappa shape index (κ2) is 19.4. The maximum atomic E-state index is 2.23. The molecule has 40 heavy (non-hydrogen) atoms. The van der Waals surface area contributed by atoms with Gasteiger partial charge in [-0.3, -0.25) is 0 Å².